The molecule has 24 heavy (non-hydrogen) atoms. The second kappa shape index (κ2) is 9.98. The molecule has 0 atom stereocenters. The van der Waals surface area contributed by atoms with E-state index in [9.17, 15) is 9.18 Å². The van der Waals surface area contributed by atoms with E-state index in [0.717, 1.165) is 0 Å². The second-order valence-electron chi connectivity index (χ2n) is 4.84. The Hall–Kier alpha value is -2.90. The van der Waals surface area contributed by atoms with Gasteiger partial charge in [0.15, 0.2) is 0 Å². The zero-order chi connectivity index (χ0) is 17.0. The van der Waals surface area contributed by atoms with Crippen molar-refractivity contribution in [1.29, 1.82) is 0 Å². The van der Waals surface area contributed by atoms with E-state index in [1.165, 1.54) is 12.1 Å². The van der Waals surface area contributed by atoms with Crippen LogP contribution in [0.15, 0.2) is 42.7 Å². The van der Waals surface area contributed by atoms with Crippen LogP contribution in [-0.4, -0.2) is 42.2 Å². The number of benzene rings is 1. The third-order valence-corrected chi connectivity index (χ3v) is 2.95. The number of hydrogen-bond donors (Lipinski definition) is 3. The summed E-state index contributed by atoms with van der Waals surface area (Å²) in [5.41, 5.74) is 0. The molecule has 8 heteroatoms. The largest absolute Gasteiger partial charge is 0.494 e. The molecule has 0 fully saturated rings. The van der Waals surface area contributed by atoms with E-state index in [4.69, 9.17) is 4.74 Å². The fourth-order valence-corrected chi connectivity index (χ4v) is 1.80. The van der Waals surface area contributed by atoms with Crippen LogP contribution in [0.2, 0.25) is 0 Å². The molecule has 0 aliphatic rings. The molecule has 2 rings (SSSR count). The van der Waals surface area contributed by atoms with Crippen molar-refractivity contribution in [2.75, 3.05) is 31.6 Å². The van der Waals surface area contributed by atoms with Gasteiger partial charge < -0.3 is 20.7 Å². The van der Waals surface area contributed by atoms with Crippen LogP contribution in [0.4, 0.5) is 15.1 Å². The summed E-state index contributed by atoms with van der Waals surface area (Å²) in [6.45, 7) is 1.92. The molecule has 0 spiro atoms. The summed E-state index contributed by atoms with van der Waals surface area (Å²) in [5, 5.41) is 8.43. The third kappa shape index (κ3) is 6.91. The molecule has 128 valence electrons. The number of amides is 2. The Labute approximate surface area is 139 Å². The molecule has 1 aromatic heterocycles. The lowest BCUT2D eigenvalue weighted by Crippen LogP contribution is -2.38. The minimum absolute atomic E-state index is 0.243. The molecule has 0 unspecified atom stereocenters. The van der Waals surface area contributed by atoms with E-state index >= 15 is 0 Å². The first-order chi connectivity index (χ1) is 11.7. The van der Waals surface area contributed by atoms with E-state index in [1.807, 2.05) is 0 Å². The lowest BCUT2D eigenvalue weighted by Gasteiger charge is -2.09. The lowest BCUT2D eigenvalue weighted by molar-refractivity contribution is 0.239. The summed E-state index contributed by atoms with van der Waals surface area (Å²) in [6, 6.07) is 7.31. The number of ether oxygens (including phenoxy) is 1. The van der Waals surface area contributed by atoms with Gasteiger partial charge in [0.05, 0.1) is 6.61 Å². The summed E-state index contributed by atoms with van der Waals surface area (Å²) in [6.07, 6.45) is 3.94. The van der Waals surface area contributed by atoms with Crippen molar-refractivity contribution in [2.45, 2.75) is 6.42 Å². The Balaban J connectivity index is 1.47. The van der Waals surface area contributed by atoms with Crippen molar-refractivity contribution in [3.63, 3.8) is 0 Å². The summed E-state index contributed by atoms with van der Waals surface area (Å²) < 4.78 is 18.1. The number of urea groups is 1. The van der Waals surface area contributed by atoms with Gasteiger partial charge in [0.25, 0.3) is 0 Å². The fourth-order valence-electron chi connectivity index (χ4n) is 1.80. The Morgan fingerprint density at radius 3 is 2.50 bits per heavy atom. The highest BCUT2D eigenvalue weighted by Crippen LogP contribution is 2.10. The zero-order valence-corrected chi connectivity index (χ0v) is 13.2. The molecule has 0 bridgehead atoms. The first kappa shape index (κ1) is 17.5. The van der Waals surface area contributed by atoms with Crippen LogP contribution in [0.25, 0.3) is 0 Å². The summed E-state index contributed by atoms with van der Waals surface area (Å²) in [4.78, 5) is 19.6. The van der Waals surface area contributed by atoms with E-state index in [-0.39, 0.29) is 11.8 Å². The molecule has 0 aliphatic carbocycles. The molecule has 0 aliphatic heterocycles. The highest BCUT2D eigenvalue weighted by molar-refractivity contribution is 5.73. The van der Waals surface area contributed by atoms with Crippen molar-refractivity contribution in [3.8, 4) is 5.75 Å². The van der Waals surface area contributed by atoms with E-state index in [1.54, 1.807) is 30.6 Å². The fraction of sp³-hybridized carbons (Fsp3) is 0.312. The van der Waals surface area contributed by atoms with Crippen molar-refractivity contribution in [3.05, 3.63) is 48.5 Å². The Morgan fingerprint density at radius 2 is 1.75 bits per heavy atom. The van der Waals surface area contributed by atoms with Gasteiger partial charge in [-0.15, -0.1) is 0 Å². The number of carbonyl (C=O) groups excluding carboxylic acids is 1. The van der Waals surface area contributed by atoms with Crippen LogP contribution in [0.3, 0.4) is 0 Å². The van der Waals surface area contributed by atoms with Crippen LogP contribution < -0.4 is 20.7 Å². The standard InChI is InChI=1S/C16H20FN5O2/c17-13-3-5-14(6-4-13)24-12-2-9-21-16(23)22-11-10-20-15-18-7-1-8-19-15/h1,3-8H,2,9-12H2,(H,18,19,20)(H2,21,22,23). The average molecular weight is 333 g/mol. The predicted octanol–water partition coefficient (Wildman–Crippen LogP) is 1.80. The summed E-state index contributed by atoms with van der Waals surface area (Å²) in [7, 11) is 0. The monoisotopic (exact) mass is 333 g/mol. The second-order valence-corrected chi connectivity index (χ2v) is 4.84. The Morgan fingerprint density at radius 1 is 1.04 bits per heavy atom. The molecule has 3 N–H and O–H groups in total. The molecule has 2 aromatic rings. The predicted molar refractivity (Wildman–Crippen MR) is 88.4 cm³/mol. The third-order valence-electron chi connectivity index (χ3n) is 2.95. The molecule has 0 radical (unpaired) electrons. The number of aromatic nitrogens is 2. The van der Waals surface area contributed by atoms with Gasteiger partial charge in [-0.1, -0.05) is 0 Å². The number of nitrogens with one attached hydrogen (secondary N) is 3. The van der Waals surface area contributed by atoms with E-state index in [0.29, 0.717) is 44.4 Å². The van der Waals surface area contributed by atoms with Gasteiger partial charge in [0, 0.05) is 32.0 Å². The maximum Gasteiger partial charge on any atom is 0.314 e. The Kier molecular flexibility index (Phi) is 7.26. The van der Waals surface area contributed by atoms with Crippen LogP contribution in [-0.2, 0) is 0 Å². The Bertz CT molecular complexity index is 610. The normalized spacial score (nSPS) is 10.0. The summed E-state index contributed by atoms with van der Waals surface area (Å²) in [5.74, 6) is 0.835. The minimum atomic E-state index is -0.297. The van der Waals surface area contributed by atoms with Crippen molar-refractivity contribution in [1.82, 2.24) is 20.6 Å². The van der Waals surface area contributed by atoms with Crippen LogP contribution in [0, 0.1) is 5.82 Å². The molecule has 2 amide bonds. The summed E-state index contributed by atoms with van der Waals surface area (Å²) >= 11 is 0. The van der Waals surface area contributed by atoms with Gasteiger partial charge >= 0.3 is 6.03 Å². The molecule has 1 heterocycles. The smallest absolute Gasteiger partial charge is 0.314 e. The number of anilines is 1. The van der Waals surface area contributed by atoms with E-state index < -0.39 is 0 Å². The minimum Gasteiger partial charge on any atom is -0.494 e. The molecule has 1 aromatic carbocycles. The number of hydrogen-bond acceptors (Lipinski definition) is 5. The number of nitrogens with zero attached hydrogens (tertiary/aromatic N) is 2. The number of rotatable bonds is 9. The van der Waals surface area contributed by atoms with Crippen molar-refractivity contribution in [2.24, 2.45) is 0 Å². The van der Waals surface area contributed by atoms with Gasteiger partial charge in [-0.3, -0.25) is 0 Å². The maximum absolute atomic E-state index is 12.7. The van der Waals surface area contributed by atoms with Gasteiger partial charge in [-0.2, -0.15) is 0 Å². The first-order valence-corrected chi connectivity index (χ1v) is 7.65. The van der Waals surface area contributed by atoms with Gasteiger partial charge in [-0.05, 0) is 36.8 Å². The van der Waals surface area contributed by atoms with Gasteiger partial charge in [-0.25, -0.2) is 19.2 Å². The highest BCUT2D eigenvalue weighted by Gasteiger charge is 2.00. The lowest BCUT2D eigenvalue weighted by atomic mass is 10.3. The van der Waals surface area contributed by atoms with Gasteiger partial charge in [0.2, 0.25) is 5.95 Å². The van der Waals surface area contributed by atoms with Gasteiger partial charge in [0.1, 0.15) is 11.6 Å². The number of halogens is 1. The quantitative estimate of drug-likeness (QED) is 0.609. The average Bonchev–Trinajstić information content (AvgIpc) is 2.61. The molecule has 0 saturated heterocycles. The SMILES string of the molecule is O=C(NCCCOc1ccc(F)cc1)NCCNc1ncccn1. The molecular weight excluding hydrogens is 313 g/mol. The van der Waals surface area contributed by atoms with E-state index in [2.05, 4.69) is 25.9 Å². The van der Waals surface area contributed by atoms with Crippen molar-refractivity contribution >= 4 is 12.0 Å². The highest BCUT2D eigenvalue weighted by atomic mass is 19.1. The van der Waals surface area contributed by atoms with Crippen LogP contribution in [0.5, 0.6) is 5.75 Å². The molecule has 0 saturated carbocycles. The van der Waals surface area contributed by atoms with Crippen molar-refractivity contribution < 1.29 is 13.9 Å². The van der Waals surface area contributed by atoms with Crippen LogP contribution in [0.1, 0.15) is 6.42 Å². The zero-order valence-electron chi connectivity index (χ0n) is 13.2. The maximum atomic E-state index is 12.7. The van der Waals surface area contributed by atoms with Crippen LogP contribution >= 0.6 is 0 Å². The first-order valence-electron chi connectivity index (χ1n) is 7.65. The topological polar surface area (TPSA) is 88.2 Å². The molecular formula is C16H20FN5O2. The molecule has 7 nitrogen and oxygen atoms in total. The number of carbonyl (C=O) groups is 1.